The van der Waals surface area contributed by atoms with E-state index >= 15 is 0 Å². The summed E-state index contributed by atoms with van der Waals surface area (Å²) in [6.07, 6.45) is 1.43. The molecule has 0 saturated carbocycles. The van der Waals surface area contributed by atoms with Gasteiger partial charge in [0.05, 0.1) is 6.54 Å². The molecule has 2 rings (SSSR count). The summed E-state index contributed by atoms with van der Waals surface area (Å²) in [6, 6.07) is 0.515. The Balaban J connectivity index is 1.94. The molecule has 2 aliphatic rings. The largest absolute Gasteiger partial charge is 0.444 e. The normalized spacial score (nSPS) is 22.2. The number of hydrogen-bond donors (Lipinski definition) is 1. The molecule has 0 aromatic rings. The molecule has 0 aliphatic carbocycles. The first-order chi connectivity index (χ1) is 13.9. The Morgan fingerprint density at radius 3 is 2.10 bits per heavy atom. The van der Waals surface area contributed by atoms with Crippen molar-refractivity contribution >= 4 is 29.1 Å². The minimum Gasteiger partial charge on any atom is -0.444 e. The van der Waals surface area contributed by atoms with Crippen molar-refractivity contribution in [2.24, 2.45) is 4.99 Å². The van der Waals surface area contributed by atoms with E-state index in [9.17, 15) is 9.59 Å². The molecule has 30 heavy (non-hydrogen) atoms. The number of rotatable bonds is 4. The van der Waals surface area contributed by atoms with E-state index in [4.69, 9.17) is 14.5 Å². The molecule has 2 heterocycles. The van der Waals surface area contributed by atoms with Crippen molar-refractivity contribution in [3.8, 4) is 0 Å². The molecule has 0 aromatic heterocycles. The second-order valence-corrected chi connectivity index (χ2v) is 10.9. The number of piperazine rings is 1. The Bertz CT molecular complexity index is 628. The summed E-state index contributed by atoms with van der Waals surface area (Å²) in [6.45, 7) is 15.5. The van der Waals surface area contributed by atoms with Crippen molar-refractivity contribution in [2.75, 3.05) is 31.9 Å². The van der Waals surface area contributed by atoms with Crippen LogP contribution in [0.25, 0.3) is 0 Å². The Kier molecular flexibility index (Phi) is 8.30. The van der Waals surface area contributed by atoms with E-state index in [1.54, 1.807) is 11.8 Å². The van der Waals surface area contributed by atoms with Gasteiger partial charge in [-0.05, 0) is 60.1 Å². The van der Waals surface area contributed by atoms with Crippen LogP contribution in [0.5, 0.6) is 0 Å². The summed E-state index contributed by atoms with van der Waals surface area (Å²) in [5.41, 5.74) is -0.997. The molecule has 2 bridgehead atoms. The van der Waals surface area contributed by atoms with Gasteiger partial charge in [-0.15, -0.1) is 0 Å². The van der Waals surface area contributed by atoms with E-state index in [-0.39, 0.29) is 18.2 Å². The van der Waals surface area contributed by atoms with Crippen molar-refractivity contribution in [1.29, 1.82) is 0 Å². The molecule has 2 atom stereocenters. The number of ether oxygens (including phenoxy) is 2. The fraction of sp³-hybridized carbons (Fsp3) is 0.857. The molecule has 2 saturated heterocycles. The van der Waals surface area contributed by atoms with Gasteiger partial charge in [0.15, 0.2) is 5.17 Å². The van der Waals surface area contributed by atoms with Crippen LogP contribution in [0.1, 0.15) is 61.3 Å². The molecular formula is C21H38N4O4S. The summed E-state index contributed by atoms with van der Waals surface area (Å²) >= 11 is 1.72. The van der Waals surface area contributed by atoms with Crippen molar-refractivity contribution in [1.82, 2.24) is 15.1 Å². The summed E-state index contributed by atoms with van der Waals surface area (Å²) < 4.78 is 10.8. The number of likely N-dealkylation sites (tertiary alicyclic amines) is 1. The van der Waals surface area contributed by atoms with Crippen molar-refractivity contribution in [3.63, 3.8) is 0 Å². The molecule has 172 valence electrons. The molecule has 9 heteroatoms. The summed E-state index contributed by atoms with van der Waals surface area (Å²) in [5, 5.41) is 3.76. The summed E-state index contributed by atoms with van der Waals surface area (Å²) in [5.74, 6) is 0.921. The van der Waals surface area contributed by atoms with Crippen LogP contribution < -0.4 is 5.32 Å². The Hall–Kier alpha value is -1.64. The Morgan fingerprint density at radius 1 is 1.03 bits per heavy atom. The molecule has 0 spiro atoms. The van der Waals surface area contributed by atoms with Crippen molar-refractivity contribution < 1.29 is 19.1 Å². The van der Waals surface area contributed by atoms with Gasteiger partial charge in [-0.3, -0.25) is 4.99 Å². The highest BCUT2D eigenvalue weighted by Crippen LogP contribution is 2.33. The van der Waals surface area contributed by atoms with Gasteiger partial charge >= 0.3 is 12.2 Å². The number of carbonyl (C=O) groups is 2. The lowest BCUT2D eigenvalue weighted by Gasteiger charge is -2.42. The van der Waals surface area contributed by atoms with E-state index in [0.29, 0.717) is 26.2 Å². The maximum Gasteiger partial charge on any atom is 0.410 e. The first-order valence-corrected chi connectivity index (χ1v) is 11.8. The highest BCUT2D eigenvalue weighted by molar-refractivity contribution is 8.13. The molecular weight excluding hydrogens is 404 g/mol. The van der Waals surface area contributed by atoms with Crippen molar-refractivity contribution in [3.05, 3.63) is 0 Å². The average molecular weight is 443 g/mol. The van der Waals surface area contributed by atoms with Crippen LogP contribution in [-0.4, -0.2) is 82.4 Å². The van der Waals surface area contributed by atoms with Gasteiger partial charge in [0.1, 0.15) is 11.2 Å². The highest BCUT2D eigenvalue weighted by Gasteiger charge is 2.43. The van der Waals surface area contributed by atoms with E-state index < -0.39 is 17.3 Å². The molecule has 8 nitrogen and oxygen atoms in total. The third-order valence-corrected chi connectivity index (χ3v) is 5.54. The maximum atomic E-state index is 12.5. The predicted octanol–water partition coefficient (Wildman–Crippen LogP) is 3.70. The molecule has 2 unspecified atom stereocenters. The lowest BCUT2D eigenvalue weighted by Crippen LogP contribution is -2.57. The number of nitrogens with one attached hydrogen (secondary N) is 1. The number of aliphatic imine (C=N–C) groups is 1. The van der Waals surface area contributed by atoms with Crippen LogP contribution >= 0.6 is 11.8 Å². The van der Waals surface area contributed by atoms with Gasteiger partial charge in [0, 0.05) is 31.7 Å². The SMILES string of the molecule is CCSC(=NCCNC(=O)OC(C)(C)C)N1C2CCC1CN(C(=O)OC(C)(C)C)C2. The lowest BCUT2D eigenvalue weighted by atomic mass is 10.2. The highest BCUT2D eigenvalue weighted by atomic mass is 32.2. The number of amidine groups is 1. The second kappa shape index (κ2) is 10.1. The molecule has 2 amide bonds. The lowest BCUT2D eigenvalue weighted by molar-refractivity contribution is 0.0111. The molecule has 0 aromatic carbocycles. The van der Waals surface area contributed by atoms with E-state index in [1.165, 1.54) is 0 Å². The number of carbonyl (C=O) groups excluding carboxylic acids is 2. The monoisotopic (exact) mass is 442 g/mol. The zero-order valence-electron chi connectivity index (χ0n) is 19.5. The van der Waals surface area contributed by atoms with E-state index in [2.05, 4.69) is 17.1 Å². The Labute approximate surface area is 185 Å². The second-order valence-electron chi connectivity index (χ2n) is 9.70. The van der Waals surface area contributed by atoms with Crippen LogP contribution in [-0.2, 0) is 9.47 Å². The number of thioether (sulfide) groups is 1. The van der Waals surface area contributed by atoms with Crippen LogP contribution in [0.4, 0.5) is 9.59 Å². The number of hydrogen-bond acceptors (Lipinski definition) is 6. The van der Waals surface area contributed by atoms with Crippen LogP contribution in [0, 0.1) is 0 Å². The van der Waals surface area contributed by atoms with Gasteiger partial charge in [0.25, 0.3) is 0 Å². The zero-order chi connectivity index (χ0) is 22.5. The molecule has 2 fully saturated rings. The Morgan fingerprint density at radius 2 is 1.60 bits per heavy atom. The molecule has 0 radical (unpaired) electrons. The van der Waals surface area contributed by atoms with Gasteiger partial charge < -0.3 is 24.6 Å². The molecule has 2 aliphatic heterocycles. The van der Waals surface area contributed by atoms with Gasteiger partial charge in [-0.2, -0.15) is 0 Å². The first-order valence-electron chi connectivity index (χ1n) is 10.8. The minimum absolute atomic E-state index is 0.234. The summed E-state index contributed by atoms with van der Waals surface area (Å²) in [4.78, 5) is 33.3. The van der Waals surface area contributed by atoms with Gasteiger partial charge in [-0.25, -0.2) is 9.59 Å². The minimum atomic E-state index is -0.510. The number of amides is 2. The van der Waals surface area contributed by atoms with Gasteiger partial charge in [-0.1, -0.05) is 18.7 Å². The average Bonchev–Trinajstić information content (AvgIpc) is 2.83. The number of fused-ring (bicyclic) bond motifs is 2. The third kappa shape index (κ3) is 7.56. The fourth-order valence-electron chi connectivity index (χ4n) is 3.65. The smallest absolute Gasteiger partial charge is 0.410 e. The maximum absolute atomic E-state index is 12.5. The predicted molar refractivity (Wildman–Crippen MR) is 121 cm³/mol. The zero-order valence-corrected chi connectivity index (χ0v) is 20.3. The van der Waals surface area contributed by atoms with E-state index in [1.807, 2.05) is 46.4 Å². The van der Waals surface area contributed by atoms with Crippen molar-refractivity contribution in [2.45, 2.75) is 84.6 Å². The molecule has 1 N–H and O–H groups in total. The first kappa shape index (κ1) is 24.6. The van der Waals surface area contributed by atoms with Crippen LogP contribution in [0.3, 0.4) is 0 Å². The standard InChI is InChI=1S/C21H38N4O4S/c1-8-30-17(22-11-12-23-18(26)28-20(2,3)4)25-15-9-10-16(25)14-24(13-15)19(27)29-21(5,6)7/h15-16H,8-14H2,1-7H3,(H,23,26). The topological polar surface area (TPSA) is 83.5 Å². The van der Waals surface area contributed by atoms with Crippen LogP contribution in [0.2, 0.25) is 0 Å². The summed E-state index contributed by atoms with van der Waals surface area (Å²) in [7, 11) is 0. The number of alkyl carbamates (subject to hydrolysis) is 1. The van der Waals surface area contributed by atoms with E-state index in [0.717, 1.165) is 23.8 Å². The van der Waals surface area contributed by atoms with Crippen LogP contribution in [0.15, 0.2) is 4.99 Å². The fourth-order valence-corrected chi connectivity index (χ4v) is 4.53. The quantitative estimate of drug-likeness (QED) is 0.406. The van der Waals surface area contributed by atoms with Gasteiger partial charge in [0.2, 0.25) is 0 Å². The third-order valence-electron chi connectivity index (χ3n) is 4.66. The number of nitrogens with zero attached hydrogens (tertiary/aromatic N) is 3.